The number of benzene rings is 2. The van der Waals surface area contributed by atoms with Gasteiger partial charge in [0.2, 0.25) is 0 Å². The summed E-state index contributed by atoms with van der Waals surface area (Å²) in [5.74, 6) is 0.864. The number of ether oxygens (including phenoxy) is 1. The second-order valence-electron chi connectivity index (χ2n) is 5.61. The molecule has 4 heteroatoms. The lowest BCUT2D eigenvalue weighted by Crippen LogP contribution is -2.25. The summed E-state index contributed by atoms with van der Waals surface area (Å²) in [6, 6.07) is 11.9. The monoisotopic (exact) mass is 312 g/mol. The van der Waals surface area contributed by atoms with Crippen LogP contribution in [0, 0.1) is 13.8 Å². The summed E-state index contributed by atoms with van der Waals surface area (Å²) in [6.07, 6.45) is 0.941. The second-order valence-corrected chi connectivity index (χ2v) is 5.61. The van der Waals surface area contributed by atoms with Gasteiger partial charge < -0.3 is 15.4 Å². The number of hydrogen-bond acceptors (Lipinski definition) is 2. The maximum atomic E-state index is 11.6. The zero-order chi connectivity index (χ0) is 16.8. The molecule has 0 aliphatic carbocycles. The van der Waals surface area contributed by atoms with Crippen LogP contribution in [0.25, 0.3) is 0 Å². The first-order valence-corrected chi connectivity index (χ1v) is 7.84. The van der Waals surface area contributed by atoms with Crippen molar-refractivity contribution in [1.29, 1.82) is 0 Å². The smallest absolute Gasteiger partial charge is 0.318 e. The molecule has 0 saturated carbocycles. The van der Waals surface area contributed by atoms with Crippen LogP contribution >= 0.6 is 0 Å². The van der Waals surface area contributed by atoms with E-state index in [1.807, 2.05) is 31.2 Å². The number of carbonyl (C=O) groups is 1. The largest absolute Gasteiger partial charge is 0.489 e. The third kappa shape index (κ3) is 4.49. The Balaban J connectivity index is 2.20. The van der Waals surface area contributed by atoms with E-state index in [1.54, 1.807) is 7.05 Å². The zero-order valence-electron chi connectivity index (χ0n) is 14.2. The standard InChI is InChI=1S/C19H24N2O2/c1-5-15-7-8-17(21-19(22)20-4)16(11-15)12-23-18-9-6-13(2)10-14(18)3/h6-11H,5,12H2,1-4H3,(H2,20,21,22). The van der Waals surface area contributed by atoms with Crippen molar-refractivity contribution < 1.29 is 9.53 Å². The van der Waals surface area contributed by atoms with Gasteiger partial charge in [0.25, 0.3) is 0 Å². The lowest BCUT2D eigenvalue weighted by atomic mass is 10.1. The van der Waals surface area contributed by atoms with Crippen LogP contribution in [-0.2, 0) is 13.0 Å². The Kier molecular flexibility index (Phi) is 5.63. The third-order valence-electron chi connectivity index (χ3n) is 3.77. The summed E-state index contributed by atoms with van der Waals surface area (Å²) in [6.45, 7) is 6.62. The molecule has 0 radical (unpaired) electrons. The molecule has 4 nitrogen and oxygen atoms in total. The lowest BCUT2D eigenvalue weighted by Gasteiger charge is -2.15. The Morgan fingerprint density at radius 1 is 1.13 bits per heavy atom. The van der Waals surface area contributed by atoms with Crippen LogP contribution in [-0.4, -0.2) is 13.1 Å². The van der Waals surface area contributed by atoms with Gasteiger partial charge in [0.1, 0.15) is 12.4 Å². The molecular weight excluding hydrogens is 288 g/mol. The van der Waals surface area contributed by atoms with Crippen molar-refractivity contribution in [2.45, 2.75) is 33.8 Å². The molecule has 2 rings (SSSR count). The average molecular weight is 312 g/mol. The van der Waals surface area contributed by atoms with E-state index in [4.69, 9.17) is 4.74 Å². The summed E-state index contributed by atoms with van der Waals surface area (Å²) in [5, 5.41) is 5.41. The zero-order valence-corrected chi connectivity index (χ0v) is 14.2. The van der Waals surface area contributed by atoms with Crippen LogP contribution < -0.4 is 15.4 Å². The highest BCUT2D eigenvalue weighted by molar-refractivity contribution is 5.89. The molecule has 2 aromatic carbocycles. The molecule has 0 saturated heterocycles. The molecule has 0 atom stereocenters. The van der Waals surface area contributed by atoms with Crippen LogP contribution in [0.5, 0.6) is 5.75 Å². The minimum Gasteiger partial charge on any atom is -0.489 e. The lowest BCUT2D eigenvalue weighted by molar-refractivity contribution is 0.254. The van der Waals surface area contributed by atoms with E-state index in [1.165, 1.54) is 11.1 Å². The molecule has 2 amide bonds. The molecule has 0 bridgehead atoms. The molecule has 0 aliphatic heterocycles. The minimum absolute atomic E-state index is 0.234. The number of aryl methyl sites for hydroxylation is 3. The van der Waals surface area contributed by atoms with E-state index in [-0.39, 0.29) is 6.03 Å². The third-order valence-corrected chi connectivity index (χ3v) is 3.77. The summed E-state index contributed by atoms with van der Waals surface area (Å²) < 4.78 is 5.96. The van der Waals surface area contributed by atoms with Gasteiger partial charge in [-0.2, -0.15) is 0 Å². The van der Waals surface area contributed by atoms with Crippen molar-refractivity contribution in [3.8, 4) is 5.75 Å². The van der Waals surface area contributed by atoms with Crippen LogP contribution in [0.1, 0.15) is 29.2 Å². The Bertz CT molecular complexity index is 696. The minimum atomic E-state index is -0.234. The van der Waals surface area contributed by atoms with E-state index >= 15 is 0 Å². The van der Waals surface area contributed by atoms with E-state index in [9.17, 15) is 4.79 Å². The molecule has 2 N–H and O–H groups in total. The van der Waals surface area contributed by atoms with E-state index in [2.05, 4.69) is 36.6 Å². The highest BCUT2D eigenvalue weighted by Gasteiger charge is 2.08. The number of carbonyl (C=O) groups excluding carboxylic acids is 1. The van der Waals surface area contributed by atoms with Crippen molar-refractivity contribution in [2.24, 2.45) is 0 Å². The summed E-state index contributed by atoms with van der Waals surface area (Å²) in [7, 11) is 1.60. The topological polar surface area (TPSA) is 50.4 Å². The number of anilines is 1. The maximum Gasteiger partial charge on any atom is 0.318 e. The van der Waals surface area contributed by atoms with Crippen LogP contribution in [0.15, 0.2) is 36.4 Å². The first-order chi connectivity index (χ1) is 11.0. The Morgan fingerprint density at radius 3 is 2.57 bits per heavy atom. The summed E-state index contributed by atoms with van der Waals surface area (Å²) in [5.41, 5.74) is 5.27. The number of amides is 2. The van der Waals surface area contributed by atoms with Crippen LogP contribution in [0.3, 0.4) is 0 Å². The highest BCUT2D eigenvalue weighted by Crippen LogP contribution is 2.23. The Labute approximate surface area is 137 Å². The Hall–Kier alpha value is -2.49. The summed E-state index contributed by atoms with van der Waals surface area (Å²) >= 11 is 0. The molecule has 0 aromatic heterocycles. The molecule has 0 aliphatic rings. The fraction of sp³-hybridized carbons (Fsp3) is 0.316. The van der Waals surface area contributed by atoms with Crippen LogP contribution in [0.2, 0.25) is 0 Å². The quantitative estimate of drug-likeness (QED) is 0.869. The molecule has 23 heavy (non-hydrogen) atoms. The van der Waals surface area contributed by atoms with Gasteiger partial charge in [-0.1, -0.05) is 36.8 Å². The van der Waals surface area contributed by atoms with Gasteiger partial charge in [0.05, 0.1) is 0 Å². The Morgan fingerprint density at radius 2 is 1.91 bits per heavy atom. The fourth-order valence-electron chi connectivity index (χ4n) is 2.41. The number of rotatable bonds is 5. The molecule has 122 valence electrons. The van der Waals surface area contributed by atoms with Crippen molar-refractivity contribution >= 4 is 11.7 Å². The van der Waals surface area contributed by atoms with Gasteiger partial charge in [0, 0.05) is 18.3 Å². The highest BCUT2D eigenvalue weighted by atomic mass is 16.5. The van der Waals surface area contributed by atoms with Crippen molar-refractivity contribution in [3.05, 3.63) is 58.7 Å². The number of urea groups is 1. The predicted octanol–water partition coefficient (Wildman–Crippen LogP) is 4.20. The molecule has 0 fully saturated rings. The van der Waals surface area contributed by atoms with E-state index in [0.29, 0.717) is 6.61 Å². The van der Waals surface area contributed by atoms with Gasteiger partial charge in [-0.3, -0.25) is 0 Å². The predicted molar refractivity (Wildman–Crippen MR) is 94.1 cm³/mol. The maximum absolute atomic E-state index is 11.6. The van der Waals surface area contributed by atoms with E-state index < -0.39 is 0 Å². The SMILES string of the molecule is CCc1ccc(NC(=O)NC)c(COc2ccc(C)cc2C)c1. The van der Waals surface area contributed by atoms with Gasteiger partial charge in [-0.15, -0.1) is 0 Å². The molecule has 0 unspecified atom stereocenters. The molecule has 0 heterocycles. The van der Waals surface area contributed by atoms with Crippen molar-refractivity contribution in [3.63, 3.8) is 0 Å². The van der Waals surface area contributed by atoms with Crippen molar-refractivity contribution in [1.82, 2.24) is 5.32 Å². The van der Waals surface area contributed by atoms with Gasteiger partial charge in [-0.05, 0) is 43.5 Å². The van der Waals surface area contributed by atoms with Crippen molar-refractivity contribution in [2.75, 3.05) is 12.4 Å². The average Bonchev–Trinajstić information content (AvgIpc) is 2.55. The first-order valence-electron chi connectivity index (χ1n) is 7.84. The van der Waals surface area contributed by atoms with Crippen LogP contribution in [0.4, 0.5) is 10.5 Å². The molecule has 0 spiro atoms. The molecule has 2 aromatic rings. The second kappa shape index (κ2) is 7.68. The van der Waals surface area contributed by atoms with E-state index in [0.717, 1.165) is 29.0 Å². The number of hydrogen-bond donors (Lipinski definition) is 2. The van der Waals surface area contributed by atoms with Gasteiger partial charge in [0.15, 0.2) is 0 Å². The molecular formula is C19H24N2O2. The summed E-state index contributed by atoms with van der Waals surface area (Å²) in [4.78, 5) is 11.6. The normalized spacial score (nSPS) is 10.3. The first kappa shape index (κ1) is 16.9. The fourth-order valence-corrected chi connectivity index (χ4v) is 2.41. The van der Waals surface area contributed by atoms with Gasteiger partial charge in [-0.25, -0.2) is 4.79 Å². The number of nitrogens with one attached hydrogen (secondary N) is 2. The van der Waals surface area contributed by atoms with Gasteiger partial charge >= 0.3 is 6.03 Å².